The van der Waals surface area contributed by atoms with Gasteiger partial charge in [-0.25, -0.2) is 4.39 Å². The Hall–Kier alpha value is -2.13. The van der Waals surface area contributed by atoms with Gasteiger partial charge in [0.2, 0.25) is 0 Å². The molecule has 3 heteroatoms. The van der Waals surface area contributed by atoms with Crippen LogP contribution in [-0.2, 0) is 17.7 Å². The zero-order valence-corrected chi connectivity index (χ0v) is 11.8. The minimum atomic E-state index is -0.205. The minimum absolute atomic E-state index is 0.0150. The van der Waals surface area contributed by atoms with Gasteiger partial charge >= 0.3 is 0 Å². The Bertz CT molecular complexity index is 607. The van der Waals surface area contributed by atoms with Crippen LogP contribution < -0.4 is 5.48 Å². The molecule has 0 bridgehead atoms. The summed E-state index contributed by atoms with van der Waals surface area (Å²) < 4.78 is 12.9. The van der Waals surface area contributed by atoms with Crippen LogP contribution in [0, 0.1) is 5.82 Å². The van der Waals surface area contributed by atoms with Gasteiger partial charge in [0.1, 0.15) is 11.9 Å². The van der Waals surface area contributed by atoms with Crippen molar-refractivity contribution in [3.8, 4) is 0 Å². The van der Waals surface area contributed by atoms with Crippen LogP contribution in [0.5, 0.6) is 0 Å². The summed E-state index contributed by atoms with van der Waals surface area (Å²) >= 11 is 0. The maximum atomic E-state index is 12.9. The van der Waals surface area contributed by atoms with E-state index in [1.807, 2.05) is 6.07 Å². The number of rotatable bonds is 5. The van der Waals surface area contributed by atoms with Gasteiger partial charge < -0.3 is 0 Å². The first kappa shape index (κ1) is 13.8. The van der Waals surface area contributed by atoms with Gasteiger partial charge in [0, 0.05) is 12.1 Å². The molecular formula is C18H18FNO. The van der Waals surface area contributed by atoms with E-state index in [0.717, 1.165) is 30.5 Å². The molecule has 1 N–H and O–H groups in total. The number of halogens is 1. The van der Waals surface area contributed by atoms with Gasteiger partial charge in [-0.3, -0.25) is 10.3 Å². The van der Waals surface area contributed by atoms with Crippen molar-refractivity contribution < 1.29 is 9.23 Å². The molecule has 108 valence electrons. The van der Waals surface area contributed by atoms with Crippen LogP contribution in [0.1, 0.15) is 17.5 Å². The van der Waals surface area contributed by atoms with Crippen molar-refractivity contribution in [3.63, 3.8) is 0 Å². The van der Waals surface area contributed by atoms with Crippen molar-refractivity contribution in [1.82, 2.24) is 5.48 Å². The molecule has 1 aliphatic heterocycles. The lowest BCUT2D eigenvalue weighted by molar-refractivity contribution is 0.0418. The Balaban J connectivity index is 1.53. The highest BCUT2D eigenvalue weighted by Crippen LogP contribution is 2.17. The van der Waals surface area contributed by atoms with Crippen molar-refractivity contribution in [2.75, 3.05) is 0 Å². The van der Waals surface area contributed by atoms with E-state index in [-0.39, 0.29) is 11.9 Å². The van der Waals surface area contributed by atoms with Gasteiger partial charge in [0.25, 0.3) is 0 Å². The first-order valence-electron chi connectivity index (χ1n) is 7.20. The molecule has 1 heterocycles. The number of hydrogen-bond donors (Lipinski definition) is 1. The first-order chi connectivity index (χ1) is 10.3. The average Bonchev–Trinajstić information content (AvgIpc) is 2.96. The quantitative estimate of drug-likeness (QED) is 0.901. The number of aryl methyl sites for hydroxylation is 1. The van der Waals surface area contributed by atoms with Gasteiger partial charge in [-0.2, -0.15) is 0 Å². The minimum Gasteiger partial charge on any atom is -0.271 e. The summed E-state index contributed by atoms with van der Waals surface area (Å²) in [7, 11) is 0. The van der Waals surface area contributed by atoms with Crippen molar-refractivity contribution >= 4 is 0 Å². The van der Waals surface area contributed by atoms with Crippen molar-refractivity contribution in [3.05, 3.63) is 83.3 Å². The second-order valence-corrected chi connectivity index (χ2v) is 5.27. The second kappa shape index (κ2) is 6.55. The van der Waals surface area contributed by atoms with Gasteiger partial charge in [0.15, 0.2) is 0 Å². The standard InChI is InChI=1S/C18H18FNO/c19-16-9-6-15(7-10-16)12-18-13-17(20-21-18)11-8-14-4-2-1-3-5-14/h1-7,9-10,13,18,20H,8,11-12H2. The predicted molar refractivity (Wildman–Crippen MR) is 81.0 cm³/mol. The third-order valence-corrected chi connectivity index (χ3v) is 3.60. The van der Waals surface area contributed by atoms with Crippen LogP contribution in [0.15, 0.2) is 66.4 Å². The van der Waals surface area contributed by atoms with Crippen LogP contribution in [-0.4, -0.2) is 6.10 Å². The predicted octanol–water partition coefficient (Wildman–Crippen LogP) is 3.79. The van der Waals surface area contributed by atoms with Gasteiger partial charge in [0.05, 0.1) is 0 Å². The molecule has 0 aromatic heterocycles. The number of hydroxylamine groups is 1. The third kappa shape index (κ3) is 3.92. The van der Waals surface area contributed by atoms with E-state index in [2.05, 4.69) is 35.8 Å². The van der Waals surface area contributed by atoms with Crippen LogP contribution >= 0.6 is 0 Å². The molecule has 0 radical (unpaired) electrons. The topological polar surface area (TPSA) is 21.3 Å². The lowest BCUT2D eigenvalue weighted by atomic mass is 10.1. The molecule has 1 atom stereocenters. The highest BCUT2D eigenvalue weighted by Gasteiger charge is 2.16. The summed E-state index contributed by atoms with van der Waals surface area (Å²) in [6.45, 7) is 0. The first-order valence-corrected chi connectivity index (χ1v) is 7.20. The maximum Gasteiger partial charge on any atom is 0.123 e. The molecule has 2 nitrogen and oxygen atoms in total. The fraction of sp³-hybridized carbons (Fsp3) is 0.222. The molecule has 0 saturated carbocycles. The summed E-state index contributed by atoms with van der Waals surface area (Å²) in [6, 6.07) is 17.0. The average molecular weight is 283 g/mol. The van der Waals surface area contributed by atoms with Crippen LogP contribution in [0.25, 0.3) is 0 Å². The van der Waals surface area contributed by atoms with E-state index in [4.69, 9.17) is 4.84 Å². The van der Waals surface area contributed by atoms with Crippen LogP contribution in [0.3, 0.4) is 0 Å². The second-order valence-electron chi connectivity index (χ2n) is 5.27. The summed E-state index contributed by atoms with van der Waals surface area (Å²) in [6.07, 6.45) is 4.81. The molecule has 0 fully saturated rings. The zero-order valence-electron chi connectivity index (χ0n) is 11.8. The van der Waals surface area contributed by atoms with E-state index in [1.54, 1.807) is 12.1 Å². The van der Waals surface area contributed by atoms with Crippen molar-refractivity contribution in [1.29, 1.82) is 0 Å². The van der Waals surface area contributed by atoms with E-state index in [9.17, 15) is 4.39 Å². The molecule has 0 aliphatic carbocycles. The Morgan fingerprint density at radius 3 is 2.43 bits per heavy atom. The zero-order chi connectivity index (χ0) is 14.5. The summed E-state index contributed by atoms with van der Waals surface area (Å²) in [5.41, 5.74) is 6.51. The van der Waals surface area contributed by atoms with E-state index in [0.29, 0.717) is 0 Å². The van der Waals surface area contributed by atoms with Gasteiger partial charge in [-0.1, -0.05) is 42.5 Å². The number of benzene rings is 2. The van der Waals surface area contributed by atoms with E-state index >= 15 is 0 Å². The fourth-order valence-corrected chi connectivity index (χ4v) is 2.46. The Kier molecular flexibility index (Phi) is 4.31. The lowest BCUT2D eigenvalue weighted by Gasteiger charge is -2.07. The molecule has 0 amide bonds. The summed E-state index contributed by atoms with van der Waals surface area (Å²) in [5.74, 6) is -0.205. The molecule has 1 aliphatic rings. The van der Waals surface area contributed by atoms with Crippen molar-refractivity contribution in [2.24, 2.45) is 0 Å². The molecule has 0 saturated heterocycles. The molecule has 3 rings (SSSR count). The van der Waals surface area contributed by atoms with Crippen LogP contribution in [0.2, 0.25) is 0 Å². The highest BCUT2D eigenvalue weighted by molar-refractivity contribution is 5.21. The molecular weight excluding hydrogens is 265 g/mol. The Labute approximate surface area is 124 Å². The van der Waals surface area contributed by atoms with E-state index < -0.39 is 0 Å². The van der Waals surface area contributed by atoms with E-state index in [1.165, 1.54) is 17.7 Å². The highest BCUT2D eigenvalue weighted by atomic mass is 19.1. The molecule has 21 heavy (non-hydrogen) atoms. The monoisotopic (exact) mass is 283 g/mol. The summed E-state index contributed by atoms with van der Waals surface area (Å²) in [4.78, 5) is 5.55. The molecule has 2 aromatic carbocycles. The van der Waals surface area contributed by atoms with Crippen LogP contribution in [0.4, 0.5) is 4.39 Å². The fourth-order valence-electron chi connectivity index (χ4n) is 2.46. The normalized spacial score (nSPS) is 17.4. The molecule has 2 aromatic rings. The lowest BCUT2D eigenvalue weighted by Crippen LogP contribution is -2.14. The maximum absolute atomic E-state index is 12.9. The Morgan fingerprint density at radius 2 is 1.67 bits per heavy atom. The smallest absolute Gasteiger partial charge is 0.123 e. The molecule has 1 unspecified atom stereocenters. The number of allylic oxidation sites excluding steroid dienone is 1. The largest absolute Gasteiger partial charge is 0.271 e. The summed E-state index contributed by atoms with van der Waals surface area (Å²) in [5, 5.41) is 0. The van der Waals surface area contributed by atoms with Crippen molar-refractivity contribution in [2.45, 2.75) is 25.4 Å². The number of hydrogen-bond acceptors (Lipinski definition) is 2. The molecule has 0 spiro atoms. The van der Waals surface area contributed by atoms with Gasteiger partial charge in [-0.15, -0.1) is 0 Å². The van der Waals surface area contributed by atoms with Gasteiger partial charge in [-0.05, 0) is 42.2 Å². The Morgan fingerprint density at radius 1 is 0.905 bits per heavy atom. The SMILES string of the molecule is Fc1ccc(CC2C=C(CCc3ccccc3)NO2)cc1. The number of nitrogens with one attached hydrogen (secondary N) is 1. The third-order valence-electron chi connectivity index (χ3n) is 3.60.